The first kappa shape index (κ1) is 6.15. The highest BCUT2D eigenvalue weighted by molar-refractivity contribution is 8.18. The average molecular weight is 144 g/mol. The summed E-state index contributed by atoms with van der Waals surface area (Å²) in [7, 11) is 0. The number of imide groups is 1. The summed E-state index contributed by atoms with van der Waals surface area (Å²) in [5.41, 5.74) is 4.99. The molecule has 4 nitrogen and oxygen atoms in total. The monoisotopic (exact) mass is 144 g/mol. The van der Waals surface area contributed by atoms with Gasteiger partial charge in [0, 0.05) is 6.20 Å². The van der Waals surface area contributed by atoms with E-state index in [0.29, 0.717) is 0 Å². The number of carbonyl (C=O) groups is 2. The van der Waals surface area contributed by atoms with E-state index in [0.717, 1.165) is 18.0 Å². The van der Waals surface area contributed by atoms with E-state index in [-0.39, 0.29) is 10.1 Å². The van der Waals surface area contributed by atoms with Crippen molar-refractivity contribution >= 4 is 22.9 Å². The quantitative estimate of drug-likeness (QED) is 0.460. The van der Waals surface area contributed by atoms with Gasteiger partial charge in [-0.05, 0) is 11.8 Å². The van der Waals surface area contributed by atoms with Crippen LogP contribution in [0.1, 0.15) is 0 Å². The van der Waals surface area contributed by atoms with Crippen LogP contribution in [0.15, 0.2) is 11.1 Å². The summed E-state index contributed by atoms with van der Waals surface area (Å²) in [4.78, 5) is 21.1. The minimum atomic E-state index is -0.410. The van der Waals surface area contributed by atoms with E-state index < -0.39 is 5.91 Å². The molecule has 5 heteroatoms. The predicted octanol–water partition coefficient (Wildman–Crippen LogP) is -0.231. The predicted molar refractivity (Wildman–Crippen MR) is 33.4 cm³/mol. The minimum Gasteiger partial charge on any atom is -0.404 e. The molecule has 0 spiro atoms. The lowest BCUT2D eigenvalue weighted by atomic mass is 10.6. The molecule has 48 valence electrons. The molecule has 0 saturated carbocycles. The second-order valence-electron chi connectivity index (χ2n) is 1.37. The number of thioether (sulfide) groups is 1. The third-order valence-electron chi connectivity index (χ3n) is 0.793. The van der Waals surface area contributed by atoms with Gasteiger partial charge in [0.25, 0.3) is 11.1 Å². The molecule has 1 fully saturated rings. The fourth-order valence-corrected chi connectivity index (χ4v) is 0.991. The normalized spacial score (nSPS) is 22.9. The van der Waals surface area contributed by atoms with Crippen molar-refractivity contribution in [1.29, 1.82) is 0 Å². The number of amides is 2. The first-order valence-corrected chi connectivity index (χ1v) is 3.01. The van der Waals surface area contributed by atoms with Crippen LogP contribution in [0, 0.1) is 0 Å². The number of nitrogens with two attached hydrogens (primary N) is 1. The van der Waals surface area contributed by atoms with Crippen molar-refractivity contribution in [3.8, 4) is 0 Å². The van der Waals surface area contributed by atoms with Gasteiger partial charge in [0.1, 0.15) is 0 Å². The Hall–Kier alpha value is -0.970. The highest BCUT2D eigenvalue weighted by Crippen LogP contribution is 2.20. The fraction of sp³-hybridized carbons (Fsp3) is 0. The highest BCUT2D eigenvalue weighted by Gasteiger charge is 2.24. The second kappa shape index (κ2) is 2.10. The van der Waals surface area contributed by atoms with Crippen LogP contribution < -0.4 is 11.1 Å². The lowest BCUT2D eigenvalue weighted by Crippen LogP contribution is -2.18. The summed E-state index contributed by atoms with van der Waals surface area (Å²) in [6.07, 6.45) is 1.12. The van der Waals surface area contributed by atoms with Crippen LogP contribution in [0.3, 0.4) is 0 Å². The number of nitrogens with one attached hydrogen (secondary N) is 1. The van der Waals surface area contributed by atoms with Crippen LogP contribution in [0.5, 0.6) is 0 Å². The molecule has 0 unspecified atom stereocenters. The molecule has 0 atom stereocenters. The Morgan fingerprint density at radius 3 is 2.44 bits per heavy atom. The van der Waals surface area contributed by atoms with E-state index >= 15 is 0 Å². The number of rotatable bonds is 0. The molecule has 0 aromatic heterocycles. The molecule has 0 radical (unpaired) electrons. The van der Waals surface area contributed by atoms with Crippen molar-refractivity contribution < 1.29 is 9.59 Å². The smallest absolute Gasteiger partial charge is 0.290 e. The minimum absolute atomic E-state index is 0.264. The maximum Gasteiger partial charge on any atom is 0.290 e. The molecule has 1 aliphatic heterocycles. The van der Waals surface area contributed by atoms with Crippen LogP contribution in [0.2, 0.25) is 0 Å². The summed E-state index contributed by atoms with van der Waals surface area (Å²) in [5, 5.41) is 1.69. The molecule has 0 aromatic carbocycles. The average Bonchev–Trinajstić information content (AvgIpc) is 2.10. The summed E-state index contributed by atoms with van der Waals surface area (Å²) in [6, 6.07) is 0. The molecule has 1 aliphatic rings. The third-order valence-corrected chi connectivity index (χ3v) is 1.62. The fourth-order valence-electron chi connectivity index (χ4n) is 0.436. The Kier molecular flexibility index (Phi) is 1.44. The maximum atomic E-state index is 10.5. The Bertz CT molecular complexity index is 199. The molecule has 0 bridgehead atoms. The molecule has 1 saturated heterocycles. The van der Waals surface area contributed by atoms with E-state index in [1.165, 1.54) is 0 Å². The van der Waals surface area contributed by atoms with E-state index in [9.17, 15) is 9.59 Å². The lowest BCUT2D eigenvalue weighted by molar-refractivity contribution is -0.115. The topological polar surface area (TPSA) is 72.2 Å². The van der Waals surface area contributed by atoms with Crippen LogP contribution >= 0.6 is 11.8 Å². The van der Waals surface area contributed by atoms with E-state index in [1.54, 1.807) is 0 Å². The van der Waals surface area contributed by atoms with Crippen LogP contribution in [0.25, 0.3) is 0 Å². The van der Waals surface area contributed by atoms with Crippen LogP contribution in [-0.4, -0.2) is 11.1 Å². The van der Waals surface area contributed by atoms with Gasteiger partial charge in [-0.2, -0.15) is 0 Å². The SMILES string of the molecule is NC=C1SC(=O)NC1=O. The zero-order valence-corrected chi connectivity index (χ0v) is 5.20. The maximum absolute atomic E-state index is 10.5. The first-order valence-electron chi connectivity index (χ1n) is 2.19. The van der Waals surface area contributed by atoms with Crippen molar-refractivity contribution in [2.24, 2.45) is 5.73 Å². The van der Waals surface area contributed by atoms with Gasteiger partial charge in [-0.15, -0.1) is 0 Å². The molecular formula is C4H4N2O2S. The summed E-state index contributed by atoms with van der Waals surface area (Å²) in [6.45, 7) is 0. The van der Waals surface area contributed by atoms with Crippen LogP contribution in [0.4, 0.5) is 4.79 Å². The van der Waals surface area contributed by atoms with E-state index in [4.69, 9.17) is 5.73 Å². The van der Waals surface area contributed by atoms with Crippen molar-refractivity contribution in [2.75, 3.05) is 0 Å². The van der Waals surface area contributed by atoms with Crippen molar-refractivity contribution in [3.63, 3.8) is 0 Å². The number of hydrogen-bond donors (Lipinski definition) is 2. The van der Waals surface area contributed by atoms with Crippen LogP contribution in [-0.2, 0) is 4.79 Å². The molecular weight excluding hydrogens is 140 g/mol. The zero-order valence-electron chi connectivity index (χ0n) is 4.38. The molecule has 0 aromatic rings. The Morgan fingerprint density at radius 1 is 1.56 bits per heavy atom. The summed E-state index contributed by atoms with van der Waals surface area (Å²) >= 11 is 0.810. The van der Waals surface area contributed by atoms with E-state index in [2.05, 4.69) is 5.32 Å². The molecule has 2 amide bonds. The van der Waals surface area contributed by atoms with Gasteiger partial charge < -0.3 is 5.73 Å². The van der Waals surface area contributed by atoms with Gasteiger partial charge in [-0.1, -0.05) is 0 Å². The molecule has 3 N–H and O–H groups in total. The summed E-state index contributed by atoms with van der Waals surface area (Å²) in [5.74, 6) is -0.410. The number of hydrogen-bond acceptors (Lipinski definition) is 4. The van der Waals surface area contributed by atoms with Gasteiger partial charge in [0.2, 0.25) is 0 Å². The lowest BCUT2D eigenvalue weighted by Gasteiger charge is -1.81. The largest absolute Gasteiger partial charge is 0.404 e. The standard InChI is InChI=1S/C4H4N2O2S/c5-1-2-3(7)6-4(8)9-2/h1H,5H2,(H,6,7,8). The van der Waals surface area contributed by atoms with E-state index in [1.807, 2.05) is 0 Å². The van der Waals surface area contributed by atoms with Gasteiger partial charge in [0.05, 0.1) is 4.91 Å². The molecule has 0 aliphatic carbocycles. The first-order chi connectivity index (χ1) is 4.24. The summed E-state index contributed by atoms with van der Waals surface area (Å²) < 4.78 is 0. The third kappa shape index (κ3) is 1.05. The van der Waals surface area contributed by atoms with Gasteiger partial charge >= 0.3 is 0 Å². The van der Waals surface area contributed by atoms with Crippen molar-refractivity contribution in [2.45, 2.75) is 0 Å². The molecule has 9 heavy (non-hydrogen) atoms. The Labute approximate surface area is 55.5 Å². The van der Waals surface area contributed by atoms with Gasteiger partial charge in [0.15, 0.2) is 0 Å². The zero-order chi connectivity index (χ0) is 6.85. The molecule has 1 rings (SSSR count). The Morgan fingerprint density at radius 2 is 2.22 bits per heavy atom. The van der Waals surface area contributed by atoms with Crippen molar-refractivity contribution in [1.82, 2.24) is 5.32 Å². The second-order valence-corrected chi connectivity index (χ2v) is 2.39. The highest BCUT2D eigenvalue weighted by atomic mass is 32.2. The van der Waals surface area contributed by atoms with Crippen molar-refractivity contribution in [3.05, 3.63) is 11.1 Å². The number of carbonyl (C=O) groups excluding carboxylic acids is 2. The van der Waals surface area contributed by atoms with Gasteiger partial charge in [-0.25, -0.2) is 0 Å². The van der Waals surface area contributed by atoms with Gasteiger partial charge in [-0.3, -0.25) is 14.9 Å². The Balaban J connectivity index is 2.81. The molecule has 1 heterocycles.